The van der Waals surface area contributed by atoms with Crippen molar-refractivity contribution in [2.75, 3.05) is 6.61 Å². The summed E-state index contributed by atoms with van der Waals surface area (Å²) in [6, 6.07) is 4.20. The standard InChI is InChI=1S/C7H9NO/c1-2-7-3-5-9-6-8(7)4-1/h1-2,4H,3,5-6H2. The van der Waals surface area contributed by atoms with Crippen molar-refractivity contribution in [1.29, 1.82) is 0 Å². The monoisotopic (exact) mass is 123 g/mol. The van der Waals surface area contributed by atoms with Crippen molar-refractivity contribution in [2.45, 2.75) is 13.2 Å². The minimum Gasteiger partial charge on any atom is -0.360 e. The van der Waals surface area contributed by atoms with Crippen LogP contribution in [0.4, 0.5) is 0 Å². The Hall–Kier alpha value is -0.760. The molecule has 0 saturated heterocycles. The fraction of sp³-hybridized carbons (Fsp3) is 0.429. The zero-order chi connectivity index (χ0) is 6.10. The molecular formula is C7H9NO. The van der Waals surface area contributed by atoms with Crippen LogP contribution in [0, 0.1) is 0 Å². The molecule has 2 heteroatoms. The summed E-state index contributed by atoms with van der Waals surface area (Å²) < 4.78 is 7.35. The van der Waals surface area contributed by atoms with Gasteiger partial charge >= 0.3 is 0 Å². The van der Waals surface area contributed by atoms with E-state index in [1.54, 1.807) is 0 Å². The molecule has 1 aromatic heterocycles. The third-order valence-electron chi connectivity index (χ3n) is 1.66. The molecular weight excluding hydrogens is 114 g/mol. The normalized spacial score (nSPS) is 17.3. The van der Waals surface area contributed by atoms with E-state index >= 15 is 0 Å². The van der Waals surface area contributed by atoms with Crippen LogP contribution in [0.2, 0.25) is 0 Å². The maximum atomic E-state index is 5.22. The van der Waals surface area contributed by atoms with E-state index in [-0.39, 0.29) is 0 Å². The Morgan fingerprint density at radius 1 is 1.56 bits per heavy atom. The molecule has 0 N–H and O–H groups in total. The van der Waals surface area contributed by atoms with E-state index in [4.69, 9.17) is 4.74 Å². The molecule has 0 fully saturated rings. The lowest BCUT2D eigenvalue weighted by Gasteiger charge is -2.14. The summed E-state index contributed by atoms with van der Waals surface area (Å²) in [5.74, 6) is 0. The summed E-state index contributed by atoms with van der Waals surface area (Å²) >= 11 is 0. The number of rotatable bonds is 0. The van der Waals surface area contributed by atoms with Crippen molar-refractivity contribution in [1.82, 2.24) is 4.57 Å². The predicted molar refractivity (Wildman–Crippen MR) is 34.1 cm³/mol. The molecule has 2 rings (SSSR count). The fourth-order valence-electron chi connectivity index (χ4n) is 1.14. The van der Waals surface area contributed by atoms with E-state index in [1.807, 2.05) is 0 Å². The van der Waals surface area contributed by atoms with Gasteiger partial charge in [-0.3, -0.25) is 0 Å². The molecule has 0 aliphatic carbocycles. The molecule has 0 unspecified atom stereocenters. The van der Waals surface area contributed by atoms with Crippen LogP contribution in [0.1, 0.15) is 5.69 Å². The van der Waals surface area contributed by atoms with Crippen LogP contribution in [0.5, 0.6) is 0 Å². The molecule has 0 bridgehead atoms. The minimum absolute atomic E-state index is 0.738. The Bertz CT molecular complexity index is 184. The third kappa shape index (κ3) is 0.754. The molecule has 9 heavy (non-hydrogen) atoms. The highest BCUT2D eigenvalue weighted by Crippen LogP contribution is 2.08. The third-order valence-corrected chi connectivity index (χ3v) is 1.66. The molecule has 0 amide bonds. The number of fused-ring (bicyclic) bond motifs is 1. The summed E-state index contributed by atoms with van der Waals surface area (Å²) in [6.45, 7) is 1.62. The maximum absolute atomic E-state index is 5.22. The van der Waals surface area contributed by atoms with Crippen molar-refractivity contribution in [3.63, 3.8) is 0 Å². The van der Waals surface area contributed by atoms with Gasteiger partial charge in [0.05, 0.1) is 6.61 Å². The van der Waals surface area contributed by atoms with E-state index in [1.165, 1.54) is 5.69 Å². The average molecular weight is 123 g/mol. The van der Waals surface area contributed by atoms with Gasteiger partial charge in [0.25, 0.3) is 0 Å². The van der Waals surface area contributed by atoms with E-state index in [9.17, 15) is 0 Å². The Kier molecular flexibility index (Phi) is 1.06. The zero-order valence-electron chi connectivity index (χ0n) is 5.21. The highest BCUT2D eigenvalue weighted by atomic mass is 16.5. The second-order valence-electron chi connectivity index (χ2n) is 2.26. The van der Waals surface area contributed by atoms with Crippen LogP contribution in [0.15, 0.2) is 18.3 Å². The van der Waals surface area contributed by atoms with Gasteiger partial charge in [-0.1, -0.05) is 0 Å². The van der Waals surface area contributed by atoms with Gasteiger partial charge in [-0.15, -0.1) is 0 Å². The molecule has 2 nitrogen and oxygen atoms in total. The SMILES string of the molecule is c1cc2n(c1)COCC2. The first-order chi connectivity index (χ1) is 4.47. The van der Waals surface area contributed by atoms with Crippen molar-refractivity contribution in [2.24, 2.45) is 0 Å². The highest BCUT2D eigenvalue weighted by Gasteiger charge is 2.04. The van der Waals surface area contributed by atoms with E-state index < -0.39 is 0 Å². The van der Waals surface area contributed by atoms with Gasteiger partial charge in [-0.05, 0) is 12.1 Å². The smallest absolute Gasteiger partial charge is 0.122 e. The van der Waals surface area contributed by atoms with Gasteiger partial charge in [0.15, 0.2) is 0 Å². The molecule has 48 valence electrons. The summed E-state index contributed by atoms with van der Waals surface area (Å²) in [5.41, 5.74) is 1.39. The van der Waals surface area contributed by atoms with Crippen molar-refractivity contribution in [3.8, 4) is 0 Å². The highest BCUT2D eigenvalue weighted by molar-refractivity contribution is 5.07. The molecule has 1 aliphatic rings. The molecule has 0 atom stereocenters. The number of hydrogen-bond acceptors (Lipinski definition) is 1. The predicted octanol–water partition coefficient (Wildman–Crippen LogP) is 1.02. The van der Waals surface area contributed by atoms with Crippen LogP contribution in [-0.4, -0.2) is 11.2 Å². The van der Waals surface area contributed by atoms with E-state index in [2.05, 4.69) is 22.9 Å². The Morgan fingerprint density at radius 3 is 3.44 bits per heavy atom. The Balaban J connectivity index is 2.39. The van der Waals surface area contributed by atoms with E-state index in [0.29, 0.717) is 0 Å². The number of nitrogens with zero attached hydrogens (tertiary/aromatic N) is 1. The lowest BCUT2D eigenvalue weighted by Crippen LogP contribution is -2.14. The molecule has 0 spiro atoms. The van der Waals surface area contributed by atoms with Crippen LogP contribution >= 0.6 is 0 Å². The fourth-order valence-corrected chi connectivity index (χ4v) is 1.14. The second-order valence-corrected chi connectivity index (χ2v) is 2.26. The molecule has 1 aromatic rings. The average Bonchev–Trinajstić information content (AvgIpc) is 2.33. The van der Waals surface area contributed by atoms with Crippen LogP contribution in [-0.2, 0) is 17.9 Å². The molecule has 0 radical (unpaired) electrons. The van der Waals surface area contributed by atoms with Gasteiger partial charge in [0, 0.05) is 18.3 Å². The lowest BCUT2D eigenvalue weighted by molar-refractivity contribution is 0.0575. The summed E-state index contributed by atoms with van der Waals surface area (Å²) in [6.07, 6.45) is 3.11. The summed E-state index contributed by atoms with van der Waals surface area (Å²) in [7, 11) is 0. The first-order valence-corrected chi connectivity index (χ1v) is 3.18. The Labute approximate surface area is 54.1 Å². The molecule has 0 saturated carbocycles. The van der Waals surface area contributed by atoms with Crippen molar-refractivity contribution in [3.05, 3.63) is 24.0 Å². The van der Waals surface area contributed by atoms with Gasteiger partial charge in [-0.25, -0.2) is 0 Å². The second kappa shape index (κ2) is 1.88. The number of aromatic nitrogens is 1. The first kappa shape index (κ1) is 5.06. The lowest BCUT2D eigenvalue weighted by atomic mass is 10.3. The molecule has 2 heterocycles. The quantitative estimate of drug-likeness (QED) is 0.502. The summed E-state index contributed by atoms with van der Waals surface area (Å²) in [5, 5.41) is 0. The van der Waals surface area contributed by atoms with Crippen LogP contribution in [0.25, 0.3) is 0 Å². The largest absolute Gasteiger partial charge is 0.360 e. The minimum atomic E-state index is 0.738. The van der Waals surface area contributed by atoms with Gasteiger partial charge in [-0.2, -0.15) is 0 Å². The van der Waals surface area contributed by atoms with Crippen LogP contribution < -0.4 is 0 Å². The van der Waals surface area contributed by atoms with Crippen molar-refractivity contribution >= 4 is 0 Å². The van der Waals surface area contributed by atoms with Gasteiger partial charge < -0.3 is 9.30 Å². The topological polar surface area (TPSA) is 14.2 Å². The first-order valence-electron chi connectivity index (χ1n) is 3.18. The van der Waals surface area contributed by atoms with Gasteiger partial charge in [0.2, 0.25) is 0 Å². The summed E-state index contributed by atoms with van der Waals surface area (Å²) in [4.78, 5) is 0. The number of ether oxygens (including phenoxy) is 1. The maximum Gasteiger partial charge on any atom is 0.122 e. The van der Waals surface area contributed by atoms with Crippen molar-refractivity contribution < 1.29 is 4.74 Å². The van der Waals surface area contributed by atoms with Crippen LogP contribution in [0.3, 0.4) is 0 Å². The molecule has 0 aromatic carbocycles. The van der Waals surface area contributed by atoms with E-state index in [0.717, 1.165) is 19.8 Å². The van der Waals surface area contributed by atoms with Gasteiger partial charge in [0.1, 0.15) is 6.73 Å². The zero-order valence-corrected chi connectivity index (χ0v) is 5.21. The molecule has 1 aliphatic heterocycles. The number of hydrogen-bond donors (Lipinski definition) is 0. The Morgan fingerprint density at radius 2 is 2.56 bits per heavy atom.